The summed E-state index contributed by atoms with van der Waals surface area (Å²) in [5.41, 5.74) is 0. The first-order chi connectivity index (χ1) is 9.27. The van der Waals surface area contributed by atoms with Gasteiger partial charge in [-0.3, -0.25) is 0 Å². The van der Waals surface area contributed by atoms with Gasteiger partial charge in [0.05, 0.1) is 0 Å². The summed E-state index contributed by atoms with van der Waals surface area (Å²) in [7, 11) is 0. The molecule has 3 atom stereocenters. The van der Waals surface area contributed by atoms with E-state index in [0.717, 1.165) is 17.9 Å². The fraction of sp³-hybridized carbons (Fsp3) is 1.00. The molecule has 0 saturated heterocycles. The Bertz CT molecular complexity index is 202. The van der Waals surface area contributed by atoms with Crippen LogP contribution in [0.2, 0.25) is 0 Å². The van der Waals surface area contributed by atoms with Crippen LogP contribution in [0.1, 0.15) is 91.4 Å². The molecule has 114 valence electrons. The first-order valence-electron chi connectivity index (χ1n) is 9.01. The molecule has 0 amide bonds. The van der Waals surface area contributed by atoms with Crippen LogP contribution in [0.25, 0.3) is 0 Å². The minimum absolute atomic E-state index is 0.810. The third-order valence-electron chi connectivity index (χ3n) is 4.82. The van der Waals surface area contributed by atoms with Gasteiger partial charge < -0.3 is 5.32 Å². The highest BCUT2D eigenvalue weighted by Crippen LogP contribution is 2.32. The van der Waals surface area contributed by atoms with Crippen LogP contribution < -0.4 is 5.32 Å². The van der Waals surface area contributed by atoms with E-state index in [2.05, 4.69) is 26.1 Å². The van der Waals surface area contributed by atoms with E-state index in [1.165, 1.54) is 77.2 Å². The lowest BCUT2D eigenvalue weighted by molar-refractivity contribution is 0.212. The Hall–Kier alpha value is -0.0400. The smallest absolute Gasteiger partial charge is 0.00954 e. The molecule has 1 rings (SSSR count). The Kier molecular flexibility index (Phi) is 9.59. The minimum atomic E-state index is 0.810. The van der Waals surface area contributed by atoms with E-state index in [1.54, 1.807) is 0 Å². The summed E-state index contributed by atoms with van der Waals surface area (Å²) >= 11 is 0. The van der Waals surface area contributed by atoms with E-state index < -0.39 is 0 Å². The number of unbranched alkanes of at least 4 members (excludes halogenated alkanes) is 4. The largest absolute Gasteiger partial charge is 0.314 e. The fourth-order valence-corrected chi connectivity index (χ4v) is 3.65. The molecule has 1 heteroatoms. The quantitative estimate of drug-likeness (QED) is 0.512. The van der Waals surface area contributed by atoms with E-state index in [-0.39, 0.29) is 0 Å². The van der Waals surface area contributed by atoms with Crippen molar-refractivity contribution in [1.29, 1.82) is 0 Å². The molecule has 1 saturated carbocycles. The molecule has 3 unspecified atom stereocenters. The van der Waals surface area contributed by atoms with Gasteiger partial charge >= 0.3 is 0 Å². The molecule has 0 heterocycles. The van der Waals surface area contributed by atoms with Crippen molar-refractivity contribution in [3.63, 3.8) is 0 Å². The van der Waals surface area contributed by atoms with Crippen molar-refractivity contribution in [2.45, 2.75) is 97.4 Å². The zero-order chi connectivity index (χ0) is 13.9. The van der Waals surface area contributed by atoms with Gasteiger partial charge in [0.15, 0.2) is 0 Å². The molecular weight excluding hydrogens is 230 g/mol. The first kappa shape index (κ1) is 17.0. The van der Waals surface area contributed by atoms with Gasteiger partial charge in [-0.05, 0) is 44.1 Å². The van der Waals surface area contributed by atoms with E-state index in [4.69, 9.17) is 0 Å². The lowest BCUT2D eigenvalue weighted by atomic mass is 9.77. The molecule has 0 aromatic carbocycles. The summed E-state index contributed by atoms with van der Waals surface area (Å²) < 4.78 is 0. The number of nitrogens with one attached hydrogen (secondary N) is 1. The lowest BCUT2D eigenvalue weighted by Crippen LogP contribution is -2.38. The Morgan fingerprint density at radius 3 is 2.47 bits per heavy atom. The number of rotatable bonds is 10. The summed E-state index contributed by atoms with van der Waals surface area (Å²) in [6.45, 7) is 8.25. The molecular formula is C18H37N. The topological polar surface area (TPSA) is 12.0 Å². The van der Waals surface area contributed by atoms with Crippen LogP contribution >= 0.6 is 0 Å². The van der Waals surface area contributed by atoms with Crippen LogP contribution in [-0.2, 0) is 0 Å². The summed E-state index contributed by atoms with van der Waals surface area (Å²) in [6, 6.07) is 0.810. The molecule has 1 N–H and O–H groups in total. The minimum Gasteiger partial charge on any atom is -0.314 e. The maximum Gasteiger partial charge on any atom is 0.00954 e. The highest BCUT2D eigenvalue weighted by Gasteiger charge is 2.25. The average Bonchev–Trinajstić information content (AvgIpc) is 2.42. The number of hydrogen-bond acceptors (Lipinski definition) is 1. The van der Waals surface area contributed by atoms with Crippen molar-refractivity contribution >= 4 is 0 Å². The Labute approximate surface area is 121 Å². The molecule has 1 nitrogen and oxygen atoms in total. The third-order valence-corrected chi connectivity index (χ3v) is 4.82. The molecule has 0 radical (unpaired) electrons. The molecule has 0 aromatic rings. The van der Waals surface area contributed by atoms with Crippen LogP contribution in [0.4, 0.5) is 0 Å². The van der Waals surface area contributed by atoms with Gasteiger partial charge in [-0.1, -0.05) is 65.7 Å². The standard InChI is InChI=1S/C18H37N/c1-4-6-7-8-9-13-18(19-14-5-2)17-12-10-11-16(3)15-17/h16-19H,4-15H2,1-3H3. The van der Waals surface area contributed by atoms with Crippen molar-refractivity contribution in [2.24, 2.45) is 11.8 Å². The molecule has 1 aliphatic rings. The summed E-state index contributed by atoms with van der Waals surface area (Å²) in [6.07, 6.45) is 15.7. The second-order valence-electron chi connectivity index (χ2n) is 6.80. The van der Waals surface area contributed by atoms with Crippen molar-refractivity contribution in [2.75, 3.05) is 6.54 Å². The summed E-state index contributed by atoms with van der Waals surface area (Å²) in [5.74, 6) is 1.92. The summed E-state index contributed by atoms with van der Waals surface area (Å²) in [5, 5.41) is 3.85. The summed E-state index contributed by atoms with van der Waals surface area (Å²) in [4.78, 5) is 0. The van der Waals surface area contributed by atoms with Gasteiger partial charge in [-0.15, -0.1) is 0 Å². The molecule has 0 bridgehead atoms. The van der Waals surface area contributed by atoms with Gasteiger partial charge in [0.2, 0.25) is 0 Å². The monoisotopic (exact) mass is 267 g/mol. The third kappa shape index (κ3) is 7.34. The van der Waals surface area contributed by atoms with Gasteiger partial charge in [0.25, 0.3) is 0 Å². The van der Waals surface area contributed by atoms with Gasteiger partial charge in [0, 0.05) is 6.04 Å². The number of hydrogen-bond donors (Lipinski definition) is 1. The van der Waals surface area contributed by atoms with Crippen molar-refractivity contribution in [1.82, 2.24) is 5.32 Å². The molecule has 0 aromatic heterocycles. The second-order valence-corrected chi connectivity index (χ2v) is 6.80. The van der Waals surface area contributed by atoms with E-state index in [0.29, 0.717) is 0 Å². The molecule has 19 heavy (non-hydrogen) atoms. The molecule has 0 aliphatic heterocycles. The highest BCUT2D eigenvalue weighted by molar-refractivity contribution is 4.81. The van der Waals surface area contributed by atoms with E-state index >= 15 is 0 Å². The zero-order valence-electron chi connectivity index (χ0n) is 13.7. The van der Waals surface area contributed by atoms with Gasteiger partial charge in [0.1, 0.15) is 0 Å². The lowest BCUT2D eigenvalue weighted by Gasteiger charge is -2.34. The van der Waals surface area contributed by atoms with Crippen LogP contribution in [0.3, 0.4) is 0 Å². The Morgan fingerprint density at radius 2 is 1.79 bits per heavy atom. The normalized spacial score (nSPS) is 25.4. The first-order valence-corrected chi connectivity index (χ1v) is 9.01. The van der Waals surface area contributed by atoms with Crippen LogP contribution in [0, 0.1) is 11.8 Å². The van der Waals surface area contributed by atoms with Crippen molar-refractivity contribution in [3.05, 3.63) is 0 Å². The van der Waals surface area contributed by atoms with Crippen molar-refractivity contribution in [3.8, 4) is 0 Å². The average molecular weight is 268 g/mol. The van der Waals surface area contributed by atoms with Crippen molar-refractivity contribution < 1.29 is 0 Å². The van der Waals surface area contributed by atoms with Crippen LogP contribution in [0.5, 0.6) is 0 Å². The van der Waals surface area contributed by atoms with Crippen LogP contribution in [0.15, 0.2) is 0 Å². The van der Waals surface area contributed by atoms with E-state index in [9.17, 15) is 0 Å². The SMILES string of the molecule is CCCCCCCC(NCCC)C1CCCC(C)C1. The second kappa shape index (κ2) is 10.7. The van der Waals surface area contributed by atoms with Gasteiger partial charge in [-0.2, -0.15) is 0 Å². The molecule has 1 aliphatic carbocycles. The maximum atomic E-state index is 3.85. The fourth-order valence-electron chi connectivity index (χ4n) is 3.65. The molecule has 1 fully saturated rings. The highest BCUT2D eigenvalue weighted by atomic mass is 14.9. The Balaban J connectivity index is 2.28. The van der Waals surface area contributed by atoms with Gasteiger partial charge in [-0.25, -0.2) is 0 Å². The Morgan fingerprint density at radius 1 is 1.00 bits per heavy atom. The predicted octanol–water partition coefficient (Wildman–Crippen LogP) is 5.54. The predicted molar refractivity (Wildman–Crippen MR) is 86.6 cm³/mol. The molecule has 0 spiro atoms. The van der Waals surface area contributed by atoms with Crippen LogP contribution in [-0.4, -0.2) is 12.6 Å². The van der Waals surface area contributed by atoms with E-state index in [1.807, 2.05) is 0 Å². The maximum absolute atomic E-state index is 3.85. The zero-order valence-corrected chi connectivity index (χ0v) is 13.7.